The molecule has 1 aliphatic rings. The second-order valence-electron chi connectivity index (χ2n) is 5.22. The molecule has 1 saturated heterocycles. The molecule has 0 unspecified atom stereocenters. The molecule has 0 bridgehead atoms. The first kappa shape index (κ1) is 10.7. The second-order valence-corrected chi connectivity index (χ2v) is 5.22. The van der Waals surface area contributed by atoms with Gasteiger partial charge in [-0.25, -0.2) is 0 Å². The molecule has 0 spiro atoms. The minimum atomic E-state index is 0.159. The zero-order chi connectivity index (χ0) is 9.90. The summed E-state index contributed by atoms with van der Waals surface area (Å²) in [5.41, 5.74) is 0.159. The van der Waals surface area contributed by atoms with Crippen LogP contribution in [0.5, 0.6) is 0 Å². The molecule has 1 rings (SSSR count). The first-order valence-electron chi connectivity index (χ1n) is 5.21. The van der Waals surface area contributed by atoms with Crippen LogP contribution in [0.2, 0.25) is 0 Å². The molecule has 0 aromatic carbocycles. The molecule has 0 aromatic rings. The Morgan fingerprint density at radius 3 is 2.31 bits per heavy atom. The Balaban J connectivity index is 2.10. The Hall–Kier alpha value is -0.370. The summed E-state index contributed by atoms with van der Waals surface area (Å²) in [4.78, 5) is 13.8. The van der Waals surface area contributed by atoms with Crippen molar-refractivity contribution in [2.24, 2.45) is 5.41 Å². The summed E-state index contributed by atoms with van der Waals surface area (Å²) in [6.45, 7) is 9.73. The van der Waals surface area contributed by atoms with E-state index in [1.165, 1.54) is 19.5 Å². The van der Waals surface area contributed by atoms with Crippen molar-refractivity contribution in [2.75, 3.05) is 19.6 Å². The first-order chi connectivity index (χ1) is 5.97. The summed E-state index contributed by atoms with van der Waals surface area (Å²) in [6, 6.07) is 0. The third-order valence-corrected chi connectivity index (χ3v) is 2.38. The van der Waals surface area contributed by atoms with E-state index < -0.39 is 0 Å². The number of rotatable bonds is 4. The summed E-state index contributed by atoms with van der Waals surface area (Å²) in [5, 5.41) is 0. The van der Waals surface area contributed by atoms with Gasteiger partial charge in [0.1, 0.15) is 5.78 Å². The van der Waals surface area contributed by atoms with E-state index in [4.69, 9.17) is 0 Å². The molecular formula is C11H21NO. The van der Waals surface area contributed by atoms with Crippen molar-refractivity contribution in [2.45, 2.75) is 40.0 Å². The molecule has 13 heavy (non-hydrogen) atoms. The molecular weight excluding hydrogens is 162 g/mol. The number of carbonyl (C=O) groups is 1. The lowest BCUT2D eigenvalue weighted by Gasteiger charge is -2.30. The van der Waals surface area contributed by atoms with Gasteiger partial charge in [0.05, 0.1) is 0 Å². The quantitative estimate of drug-likeness (QED) is 0.665. The lowest BCUT2D eigenvalue weighted by Crippen LogP contribution is -2.38. The molecule has 0 aromatic heterocycles. The van der Waals surface area contributed by atoms with Gasteiger partial charge >= 0.3 is 0 Å². The van der Waals surface area contributed by atoms with Crippen molar-refractivity contribution >= 4 is 5.78 Å². The Kier molecular flexibility index (Phi) is 3.48. The van der Waals surface area contributed by atoms with Gasteiger partial charge in [0.15, 0.2) is 0 Å². The van der Waals surface area contributed by atoms with Crippen LogP contribution in [0.15, 0.2) is 0 Å². The van der Waals surface area contributed by atoms with Crippen LogP contribution in [0.4, 0.5) is 0 Å². The molecule has 0 amide bonds. The summed E-state index contributed by atoms with van der Waals surface area (Å²) in [7, 11) is 0. The fourth-order valence-corrected chi connectivity index (χ4v) is 1.57. The second kappa shape index (κ2) is 4.23. The van der Waals surface area contributed by atoms with E-state index in [-0.39, 0.29) is 5.41 Å². The van der Waals surface area contributed by atoms with Crippen LogP contribution >= 0.6 is 0 Å². The van der Waals surface area contributed by atoms with E-state index in [1.807, 2.05) is 0 Å². The lowest BCUT2D eigenvalue weighted by atomic mass is 9.89. The topological polar surface area (TPSA) is 20.3 Å². The van der Waals surface area contributed by atoms with Gasteiger partial charge in [-0.1, -0.05) is 20.8 Å². The average molecular weight is 183 g/mol. The number of hydrogen-bond donors (Lipinski definition) is 0. The van der Waals surface area contributed by atoms with Crippen molar-refractivity contribution in [1.29, 1.82) is 0 Å². The highest BCUT2D eigenvalue weighted by Gasteiger charge is 2.18. The molecule has 2 nitrogen and oxygen atoms in total. The van der Waals surface area contributed by atoms with Crippen LogP contribution in [0, 0.1) is 5.41 Å². The number of likely N-dealkylation sites (tertiary alicyclic amines) is 1. The number of Topliss-reactive ketones (excluding diaryl/α,β-unsaturated/α-hetero) is 1. The van der Waals surface area contributed by atoms with E-state index in [1.54, 1.807) is 0 Å². The van der Waals surface area contributed by atoms with Crippen molar-refractivity contribution in [3.8, 4) is 0 Å². The van der Waals surface area contributed by atoms with Crippen molar-refractivity contribution in [1.82, 2.24) is 4.90 Å². The average Bonchev–Trinajstić information content (AvgIpc) is 1.78. The Bertz CT molecular complexity index is 177. The highest BCUT2D eigenvalue weighted by Crippen LogP contribution is 2.19. The van der Waals surface area contributed by atoms with Gasteiger partial charge in [-0.05, 0) is 24.9 Å². The monoisotopic (exact) mass is 183 g/mol. The van der Waals surface area contributed by atoms with Crippen molar-refractivity contribution in [3.05, 3.63) is 0 Å². The number of nitrogens with zero attached hydrogens (tertiary/aromatic N) is 1. The van der Waals surface area contributed by atoms with Gasteiger partial charge in [0.2, 0.25) is 0 Å². The van der Waals surface area contributed by atoms with Gasteiger partial charge in [-0.3, -0.25) is 4.79 Å². The molecule has 76 valence electrons. The van der Waals surface area contributed by atoms with Crippen LogP contribution in [0.25, 0.3) is 0 Å². The standard InChI is InChI=1S/C11H21NO/c1-11(2,3)9-10(13)5-8-12-6-4-7-12/h4-9H2,1-3H3. The maximum Gasteiger partial charge on any atom is 0.134 e. The first-order valence-corrected chi connectivity index (χ1v) is 5.21. The molecule has 1 aliphatic heterocycles. The Morgan fingerprint density at radius 2 is 1.92 bits per heavy atom. The smallest absolute Gasteiger partial charge is 0.134 e. The summed E-state index contributed by atoms with van der Waals surface area (Å²) in [5.74, 6) is 0.416. The third-order valence-electron chi connectivity index (χ3n) is 2.38. The van der Waals surface area contributed by atoms with E-state index in [0.717, 1.165) is 19.4 Å². The summed E-state index contributed by atoms with van der Waals surface area (Å²) >= 11 is 0. The normalized spacial score (nSPS) is 18.4. The van der Waals surface area contributed by atoms with Gasteiger partial charge in [0.25, 0.3) is 0 Å². The maximum absolute atomic E-state index is 11.5. The van der Waals surface area contributed by atoms with Crippen LogP contribution in [-0.2, 0) is 4.79 Å². The predicted octanol–water partition coefficient (Wildman–Crippen LogP) is 2.09. The zero-order valence-corrected chi connectivity index (χ0v) is 9.10. The van der Waals surface area contributed by atoms with Crippen LogP contribution in [0.3, 0.4) is 0 Å². The third kappa shape index (κ3) is 4.41. The largest absolute Gasteiger partial charge is 0.303 e. The molecule has 2 heteroatoms. The van der Waals surface area contributed by atoms with E-state index >= 15 is 0 Å². The molecule has 0 radical (unpaired) electrons. The van der Waals surface area contributed by atoms with E-state index in [0.29, 0.717) is 5.78 Å². The lowest BCUT2D eigenvalue weighted by molar-refractivity contribution is -0.121. The number of hydrogen-bond acceptors (Lipinski definition) is 2. The fraction of sp³-hybridized carbons (Fsp3) is 0.909. The van der Waals surface area contributed by atoms with E-state index in [2.05, 4.69) is 25.7 Å². The van der Waals surface area contributed by atoms with E-state index in [9.17, 15) is 4.79 Å². The Morgan fingerprint density at radius 1 is 1.31 bits per heavy atom. The van der Waals surface area contributed by atoms with Gasteiger partial charge < -0.3 is 4.90 Å². The number of carbonyl (C=O) groups excluding carboxylic acids is 1. The van der Waals surface area contributed by atoms with Crippen molar-refractivity contribution in [3.63, 3.8) is 0 Å². The Labute approximate surface area is 81.3 Å². The molecule has 0 N–H and O–H groups in total. The molecule has 0 saturated carbocycles. The minimum absolute atomic E-state index is 0.159. The highest BCUT2D eigenvalue weighted by molar-refractivity contribution is 5.79. The predicted molar refractivity (Wildman–Crippen MR) is 54.8 cm³/mol. The summed E-state index contributed by atoms with van der Waals surface area (Å²) < 4.78 is 0. The van der Waals surface area contributed by atoms with Gasteiger partial charge in [0, 0.05) is 19.4 Å². The van der Waals surface area contributed by atoms with Gasteiger partial charge in [-0.15, -0.1) is 0 Å². The molecule has 1 heterocycles. The summed E-state index contributed by atoms with van der Waals surface area (Å²) in [6.07, 6.45) is 2.78. The van der Waals surface area contributed by atoms with Gasteiger partial charge in [-0.2, -0.15) is 0 Å². The number of ketones is 1. The van der Waals surface area contributed by atoms with Crippen LogP contribution in [-0.4, -0.2) is 30.3 Å². The van der Waals surface area contributed by atoms with Crippen LogP contribution in [0.1, 0.15) is 40.0 Å². The fourth-order valence-electron chi connectivity index (χ4n) is 1.57. The molecule has 0 atom stereocenters. The SMILES string of the molecule is CC(C)(C)CC(=O)CCN1CCC1. The van der Waals surface area contributed by atoms with Crippen LogP contribution < -0.4 is 0 Å². The molecule has 0 aliphatic carbocycles. The maximum atomic E-state index is 11.5. The highest BCUT2D eigenvalue weighted by atomic mass is 16.1. The zero-order valence-electron chi connectivity index (χ0n) is 9.10. The van der Waals surface area contributed by atoms with Crippen molar-refractivity contribution < 1.29 is 4.79 Å². The minimum Gasteiger partial charge on any atom is -0.303 e. The molecule has 1 fully saturated rings.